The Kier molecular flexibility index (Phi) is 8.00. The van der Waals surface area contributed by atoms with Crippen molar-refractivity contribution in [3.63, 3.8) is 0 Å². The highest BCUT2D eigenvalue weighted by atomic mass is 35.5. The molecule has 1 aromatic carbocycles. The van der Waals surface area contributed by atoms with Crippen molar-refractivity contribution < 1.29 is 0 Å². The summed E-state index contributed by atoms with van der Waals surface area (Å²) in [7, 11) is 1.85. The van der Waals surface area contributed by atoms with E-state index in [0.29, 0.717) is 0 Å². The predicted molar refractivity (Wildman–Crippen MR) is 119 cm³/mol. The first kappa shape index (κ1) is 21.4. The lowest BCUT2D eigenvalue weighted by Gasteiger charge is -2.31. The zero-order chi connectivity index (χ0) is 19.9. The molecular weight excluding hydrogens is 370 g/mol. The van der Waals surface area contributed by atoms with Gasteiger partial charge < -0.3 is 15.5 Å². The van der Waals surface area contributed by atoms with E-state index < -0.39 is 0 Å². The maximum atomic E-state index is 6.51. The summed E-state index contributed by atoms with van der Waals surface area (Å²) in [6, 6.07) is 9.27. The molecule has 0 amide bonds. The Balaban J connectivity index is 1.54. The Bertz CT molecular complexity index is 642. The van der Waals surface area contributed by atoms with Crippen molar-refractivity contribution >= 4 is 17.6 Å². The van der Waals surface area contributed by atoms with Crippen LogP contribution in [-0.2, 0) is 0 Å². The van der Waals surface area contributed by atoms with Crippen LogP contribution in [0.4, 0.5) is 0 Å². The van der Waals surface area contributed by atoms with Crippen LogP contribution in [0.3, 0.4) is 0 Å². The zero-order valence-electron chi connectivity index (χ0n) is 17.6. The van der Waals surface area contributed by atoms with Crippen molar-refractivity contribution in [3.8, 4) is 0 Å². The summed E-state index contributed by atoms with van der Waals surface area (Å²) in [5.41, 5.74) is 1.17. The van der Waals surface area contributed by atoms with Gasteiger partial charge in [-0.3, -0.25) is 9.89 Å². The van der Waals surface area contributed by atoms with Crippen molar-refractivity contribution in [3.05, 3.63) is 34.9 Å². The smallest absolute Gasteiger partial charge is 0.191 e. The molecule has 1 heterocycles. The van der Waals surface area contributed by atoms with Gasteiger partial charge in [0.25, 0.3) is 0 Å². The molecule has 5 nitrogen and oxygen atoms in total. The highest BCUT2D eigenvalue weighted by Gasteiger charge is 2.34. The Hall–Kier alpha value is -1.30. The number of hydrogen-bond acceptors (Lipinski definition) is 3. The topological polar surface area (TPSA) is 42.9 Å². The molecule has 3 rings (SSSR count). The Morgan fingerprint density at radius 2 is 1.96 bits per heavy atom. The normalized spacial score (nSPS) is 21.9. The molecule has 156 valence electrons. The van der Waals surface area contributed by atoms with Gasteiger partial charge in [0.2, 0.25) is 0 Å². The van der Waals surface area contributed by atoms with Gasteiger partial charge in [-0.15, -0.1) is 0 Å². The molecule has 2 fully saturated rings. The van der Waals surface area contributed by atoms with Gasteiger partial charge >= 0.3 is 0 Å². The van der Waals surface area contributed by atoms with Gasteiger partial charge in [0.15, 0.2) is 5.96 Å². The number of hydrogen-bond donors (Lipinski definition) is 2. The number of nitrogens with one attached hydrogen (secondary N) is 2. The van der Waals surface area contributed by atoms with E-state index in [9.17, 15) is 0 Å². The fraction of sp³-hybridized carbons (Fsp3) is 0.682. The minimum Gasteiger partial charge on any atom is -0.356 e. The lowest BCUT2D eigenvalue weighted by atomic mass is 10.0. The molecule has 1 aliphatic carbocycles. The molecule has 1 aromatic rings. The molecule has 0 spiro atoms. The maximum Gasteiger partial charge on any atom is 0.191 e. The van der Waals surface area contributed by atoms with Gasteiger partial charge in [0.1, 0.15) is 0 Å². The van der Waals surface area contributed by atoms with Crippen LogP contribution in [0.15, 0.2) is 29.3 Å². The third-order valence-corrected chi connectivity index (χ3v) is 6.49. The van der Waals surface area contributed by atoms with Crippen LogP contribution >= 0.6 is 11.6 Å². The van der Waals surface area contributed by atoms with Gasteiger partial charge in [-0.1, -0.05) is 43.6 Å². The molecule has 1 saturated heterocycles. The first-order valence-corrected chi connectivity index (χ1v) is 11.2. The largest absolute Gasteiger partial charge is 0.356 e. The summed E-state index contributed by atoms with van der Waals surface area (Å²) in [4.78, 5) is 9.54. The average Bonchev–Trinajstić information content (AvgIpc) is 3.46. The minimum absolute atomic E-state index is 0.221. The fourth-order valence-corrected chi connectivity index (χ4v) is 4.56. The lowest BCUT2D eigenvalue weighted by molar-refractivity contribution is 0.219. The summed E-state index contributed by atoms with van der Waals surface area (Å²) in [6.45, 7) is 10.6. The predicted octanol–water partition coefficient (Wildman–Crippen LogP) is 3.37. The molecular formula is C22H36ClN5. The van der Waals surface area contributed by atoms with Crippen molar-refractivity contribution in [2.45, 2.75) is 45.2 Å². The van der Waals surface area contributed by atoms with E-state index >= 15 is 0 Å². The van der Waals surface area contributed by atoms with Gasteiger partial charge in [-0.2, -0.15) is 0 Å². The molecule has 0 aromatic heterocycles. The molecule has 2 N–H and O–H groups in total. The Morgan fingerprint density at radius 3 is 2.61 bits per heavy atom. The fourth-order valence-electron chi connectivity index (χ4n) is 4.30. The van der Waals surface area contributed by atoms with Crippen molar-refractivity contribution in [1.29, 1.82) is 0 Å². The third kappa shape index (κ3) is 5.62. The van der Waals surface area contributed by atoms with Crippen LogP contribution < -0.4 is 10.6 Å². The van der Waals surface area contributed by atoms with E-state index in [2.05, 4.69) is 51.4 Å². The van der Waals surface area contributed by atoms with Crippen molar-refractivity contribution in [2.24, 2.45) is 10.9 Å². The summed E-state index contributed by atoms with van der Waals surface area (Å²) in [5.74, 6) is 1.61. The van der Waals surface area contributed by atoms with E-state index in [1.165, 1.54) is 37.9 Å². The second kappa shape index (κ2) is 10.5. The molecule has 6 heteroatoms. The van der Waals surface area contributed by atoms with E-state index in [1.54, 1.807) is 0 Å². The van der Waals surface area contributed by atoms with E-state index in [4.69, 9.17) is 11.6 Å². The van der Waals surface area contributed by atoms with Gasteiger partial charge in [-0.25, -0.2) is 0 Å². The SMILES string of the molecule is CCN(CC)C(CNC(=NC)NCC1CCN(C2CC2)C1)c1ccccc1Cl. The maximum absolute atomic E-state index is 6.51. The number of guanidine groups is 1. The van der Waals surface area contributed by atoms with Crippen LogP contribution in [-0.4, -0.2) is 68.1 Å². The minimum atomic E-state index is 0.221. The number of likely N-dealkylation sites (tertiary alicyclic amines) is 1. The summed E-state index contributed by atoms with van der Waals surface area (Å²) in [5, 5.41) is 7.92. The highest BCUT2D eigenvalue weighted by Crippen LogP contribution is 2.31. The number of benzene rings is 1. The second-order valence-electron chi connectivity index (χ2n) is 7.97. The highest BCUT2D eigenvalue weighted by molar-refractivity contribution is 6.31. The number of halogens is 1. The quantitative estimate of drug-likeness (QED) is 0.488. The van der Waals surface area contributed by atoms with Crippen LogP contribution in [0.1, 0.15) is 44.7 Å². The number of nitrogens with zero attached hydrogens (tertiary/aromatic N) is 3. The molecule has 0 bridgehead atoms. The molecule has 28 heavy (non-hydrogen) atoms. The first-order valence-electron chi connectivity index (χ1n) is 10.8. The van der Waals surface area contributed by atoms with E-state index in [1.807, 2.05) is 19.2 Å². The van der Waals surface area contributed by atoms with E-state index in [-0.39, 0.29) is 6.04 Å². The summed E-state index contributed by atoms with van der Waals surface area (Å²) in [6.07, 6.45) is 4.10. The van der Waals surface area contributed by atoms with E-state index in [0.717, 1.165) is 49.1 Å². The number of likely N-dealkylation sites (N-methyl/N-ethyl adjacent to an activating group) is 1. The lowest BCUT2D eigenvalue weighted by Crippen LogP contribution is -2.44. The van der Waals surface area contributed by atoms with Crippen molar-refractivity contribution in [2.75, 3.05) is 46.3 Å². The van der Waals surface area contributed by atoms with Crippen molar-refractivity contribution in [1.82, 2.24) is 20.4 Å². The van der Waals surface area contributed by atoms with Gasteiger partial charge in [-0.05, 0) is 56.4 Å². The Morgan fingerprint density at radius 1 is 1.21 bits per heavy atom. The van der Waals surface area contributed by atoms with Crippen LogP contribution in [0.25, 0.3) is 0 Å². The first-order chi connectivity index (χ1) is 13.7. The summed E-state index contributed by atoms with van der Waals surface area (Å²) < 4.78 is 0. The monoisotopic (exact) mass is 405 g/mol. The number of aliphatic imine (C=N–C) groups is 1. The standard InChI is InChI=1S/C22H36ClN5/c1-4-27(5-2)21(19-8-6-7-9-20(19)23)15-26-22(24-3)25-14-17-12-13-28(16-17)18-10-11-18/h6-9,17-18,21H,4-5,10-16H2,1-3H3,(H2,24,25,26). The molecule has 1 saturated carbocycles. The van der Waals surface area contributed by atoms with Crippen LogP contribution in [0.2, 0.25) is 5.02 Å². The number of rotatable bonds is 9. The second-order valence-corrected chi connectivity index (χ2v) is 8.38. The van der Waals surface area contributed by atoms with Gasteiger partial charge in [0.05, 0.1) is 6.04 Å². The Labute approximate surface area is 175 Å². The average molecular weight is 406 g/mol. The van der Waals surface area contributed by atoms with Gasteiger partial charge in [0, 0.05) is 37.7 Å². The molecule has 2 aliphatic rings. The molecule has 2 unspecified atom stereocenters. The molecule has 1 aliphatic heterocycles. The molecule has 0 radical (unpaired) electrons. The molecule has 2 atom stereocenters. The zero-order valence-corrected chi connectivity index (χ0v) is 18.4. The summed E-state index contributed by atoms with van der Waals surface area (Å²) >= 11 is 6.51. The third-order valence-electron chi connectivity index (χ3n) is 6.14. The van der Waals surface area contributed by atoms with Crippen LogP contribution in [0.5, 0.6) is 0 Å². The van der Waals surface area contributed by atoms with Crippen LogP contribution in [0, 0.1) is 5.92 Å².